The zero-order valence-electron chi connectivity index (χ0n) is 12.8. The number of hydrogen-bond donors (Lipinski definition) is 0. The van der Waals surface area contributed by atoms with Crippen LogP contribution in [0.3, 0.4) is 0 Å². The Kier molecular flexibility index (Phi) is 8.63. The largest absolute Gasteiger partial charge is 0.420 e. The molecule has 0 aromatic carbocycles. The van der Waals surface area contributed by atoms with Gasteiger partial charge >= 0.3 is 0 Å². The highest BCUT2D eigenvalue weighted by Crippen LogP contribution is 2.29. The van der Waals surface area contributed by atoms with Crippen molar-refractivity contribution in [1.29, 1.82) is 0 Å². The standard InChI is InChI=1S/C13H32O2Si2/c1-7-16(8-2,14-5)12-11-13-17(9-3,10-4)15-6/h7-13H2,1-6H3. The van der Waals surface area contributed by atoms with Crippen LogP contribution < -0.4 is 0 Å². The van der Waals surface area contributed by atoms with E-state index in [9.17, 15) is 0 Å². The van der Waals surface area contributed by atoms with Crippen molar-refractivity contribution in [1.82, 2.24) is 0 Å². The molecule has 0 aliphatic heterocycles. The first-order valence-corrected chi connectivity index (χ1v) is 12.2. The molecule has 0 amide bonds. The Balaban J connectivity index is 4.28. The average Bonchev–Trinajstić information content (AvgIpc) is 2.41. The van der Waals surface area contributed by atoms with Crippen LogP contribution in [-0.2, 0) is 8.85 Å². The quantitative estimate of drug-likeness (QED) is 0.541. The van der Waals surface area contributed by atoms with Gasteiger partial charge in [0.1, 0.15) is 0 Å². The molecule has 0 radical (unpaired) electrons. The third-order valence-electron chi connectivity index (χ3n) is 4.71. The van der Waals surface area contributed by atoms with Crippen LogP contribution in [0.2, 0.25) is 36.3 Å². The lowest BCUT2D eigenvalue weighted by Crippen LogP contribution is -2.38. The molecule has 0 N–H and O–H groups in total. The van der Waals surface area contributed by atoms with Crippen molar-refractivity contribution in [2.24, 2.45) is 0 Å². The fourth-order valence-electron chi connectivity index (χ4n) is 2.72. The van der Waals surface area contributed by atoms with Crippen LogP contribution in [-0.4, -0.2) is 30.9 Å². The molecule has 0 rings (SSSR count). The van der Waals surface area contributed by atoms with Crippen LogP contribution >= 0.6 is 0 Å². The summed E-state index contributed by atoms with van der Waals surface area (Å²) in [6.07, 6.45) is 1.31. The van der Waals surface area contributed by atoms with Crippen LogP contribution in [0.25, 0.3) is 0 Å². The zero-order chi connectivity index (χ0) is 13.4. The van der Waals surface area contributed by atoms with Gasteiger partial charge in [-0.15, -0.1) is 0 Å². The van der Waals surface area contributed by atoms with E-state index >= 15 is 0 Å². The molecule has 0 aromatic heterocycles. The van der Waals surface area contributed by atoms with E-state index in [1.807, 2.05) is 14.2 Å². The Bertz CT molecular complexity index is 153. The molecule has 17 heavy (non-hydrogen) atoms. The molecule has 0 atom stereocenters. The maximum absolute atomic E-state index is 5.87. The van der Waals surface area contributed by atoms with E-state index in [4.69, 9.17) is 8.85 Å². The SMILES string of the molecule is CC[Si](CC)(CCC[Si](CC)(CC)OC)OC. The molecular formula is C13H32O2Si2. The Morgan fingerprint density at radius 1 is 0.647 bits per heavy atom. The molecule has 0 heterocycles. The highest BCUT2D eigenvalue weighted by Gasteiger charge is 2.33. The van der Waals surface area contributed by atoms with Gasteiger partial charge in [0.2, 0.25) is 0 Å². The smallest absolute Gasteiger partial charge is 0.191 e. The number of hydrogen-bond acceptors (Lipinski definition) is 2. The molecule has 104 valence electrons. The van der Waals surface area contributed by atoms with Crippen molar-refractivity contribution in [3.63, 3.8) is 0 Å². The highest BCUT2D eigenvalue weighted by atomic mass is 28.4. The monoisotopic (exact) mass is 276 g/mol. The molecule has 0 fully saturated rings. The minimum Gasteiger partial charge on any atom is -0.420 e. The summed E-state index contributed by atoms with van der Waals surface area (Å²) in [5.41, 5.74) is 0. The van der Waals surface area contributed by atoms with Gasteiger partial charge < -0.3 is 8.85 Å². The second-order valence-corrected chi connectivity index (χ2v) is 14.4. The second-order valence-electron chi connectivity index (χ2n) is 5.04. The second kappa shape index (κ2) is 8.45. The molecule has 0 aliphatic carbocycles. The van der Waals surface area contributed by atoms with Crippen LogP contribution in [0.1, 0.15) is 34.1 Å². The summed E-state index contributed by atoms with van der Waals surface area (Å²) in [7, 11) is 1.06. The summed E-state index contributed by atoms with van der Waals surface area (Å²) in [5.74, 6) is 0. The van der Waals surface area contributed by atoms with Gasteiger partial charge in [0, 0.05) is 14.2 Å². The van der Waals surface area contributed by atoms with E-state index in [-0.39, 0.29) is 0 Å². The van der Waals surface area contributed by atoms with E-state index in [1.54, 1.807) is 0 Å². The fourth-order valence-corrected chi connectivity index (χ4v) is 8.69. The van der Waals surface area contributed by atoms with Crippen molar-refractivity contribution in [2.45, 2.75) is 70.4 Å². The highest BCUT2D eigenvalue weighted by molar-refractivity contribution is 6.75. The average molecular weight is 277 g/mol. The molecule has 4 heteroatoms. The Morgan fingerprint density at radius 3 is 1.12 bits per heavy atom. The van der Waals surface area contributed by atoms with Gasteiger partial charge in [-0.25, -0.2) is 0 Å². The normalized spacial score (nSPS) is 13.1. The van der Waals surface area contributed by atoms with Gasteiger partial charge in [-0.3, -0.25) is 0 Å². The molecule has 0 aromatic rings. The van der Waals surface area contributed by atoms with Crippen LogP contribution in [0.5, 0.6) is 0 Å². The van der Waals surface area contributed by atoms with Gasteiger partial charge in [-0.1, -0.05) is 34.1 Å². The molecule has 0 saturated carbocycles. The molecule has 0 spiro atoms. The minimum absolute atomic E-state index is 1.25. The first-order valence-electron chi connectivity index (χ1n) is 7.17. The van der Waals surface area contributed by atoms with Gasteiger partial charge in [0.15, 0.2) is 16.6 Å². The van der Waals surface area contributed by atoms with E-state index < -0.39 is 16.6 Å². The van der Waals surface area contributed by atoms with Gasteiger partial charge in [-0.05, 0) is 36.3 Å². The lowest BCUT2D eigenvalue weighted by molar-refractivity contribution is 0.383. The van der Waals surface area contributed by atoms with Crippen molar-refractivity contribution in [2.75, 3.05) is 14.2 Å². The Hall–Kier alpha value is 0.354. The van der Waals surface area contributed by atoms with Crippen molar-refractivity contribution in [3.8, 4) is 0 Å². The third kappa shape index (κ3) is 4.85. The summed E-state index contributed by atoms with van der Waals surface area (Å²) in [5, 5.41) is 0. The molecular weight excluding hydrogens is 244 g/mol. The lowest BCUT2D eigenvalue weighted by atomic mass is 10.6. The maximum Gasteiger partial charge on any atom is 0.191 e. The molecule has 0 saturated heterocycles. The Morgan fingerprint density at radius 2 is 0.941 bits per heavy atom. The number of rotatable bonds is 10. The van der Waals surface area contributed by atoms with E-state index in [0.29, 0.717) is 0 Å². The maximum atomic E-state index is 5.87. The Labute approximate surface area is 110 Å². The third-order valence-corrected chi connectivity index (χ3v) is 14.1. The van der Waals surface area contributed by atoms with E-state index in [0.717, 1.165) is 0 Å². The zero-order valence-corrected chi connectivity index (χ0v) is 14.8. The van der Waals surface area contributed by atoms with Crippen molar-refractivity contribution >= 4 is 16.6 Å². The topological polar surface area (TPSA) is 18.5 Å². The summed E-state index contributed by atoms with van der Waals surface area (Å²) < 4.78 is 11.7. The van der Waals surface area contributed by atoms with Crippen LogP contribution in [0.4, 0.5) is 0 Å². The first-order chi connectivity index (χ1) is 8.07. The summed E-state index contributed by atoms with van der Waals surface area (Å²) in [6, 6.07) is 7.63. The fraction of sp³-hybridized carbons (Fsp3) is 1.00. The van der Waals surface area contributed by atoms with Gasteiger partial charge in [0.05, 0.1) is 0 Å². The first kappa shape index (κ1) is 17.4. The molecule has 0 aliphatic rings. The summed E-state index contributed by atoms with van der Waals surface area (Å²) in [6.45, 7) is 9.17. The molecule has 2 nitrogen and oxygen atoms in total. The summed E-state index contributed by atoms with van der Waals surface area (Å²) >= 11 is 0. The van der Waals surface area contributed by atoms with Crippen LogP contribution in [0, 0.1) is 0 Å². The van der Waals surface area contributed by atoms with Gasteiger partial charge in [-0.2, -0.15) is 0 Å². The van der Waals surface area contributed by atoms with E-state index in [2.05, 4.69) is 27.7 Å². The predicted molar refractivity (Wildman–Crippen MR) is 81.7 cm³/mol. The van der Waals surface area contributed by atoms with Crippen molar-refractivity contribution in [3.05, 3.63) is 0 Å². The molecule has 0 unspecified atom stereocenters. The lowest BCUT2D eigenvalue weighted by Gasteiger charge is -2.31. The van der Waals surface area contributed by atoms with E-state index in [1.165, 1.54) is 42.7 Å². The summed E-state index contributed by atoms with van der Waals surface area (Å²) in [4.78, 5) is 0. The van der Waals surface area contributed by atoms with Gasteiger partial charge in [0.25, 0.3) is 0 Å². The van der Waals surface area contributed by atoms with Crippen molar-refractivity contribution < 1.29 is 8.85 Å². The molecule has 0 bridgehead atoms. The predicted octanol–water partition coefficient (Wildman–Crippen LogP) is 4.64. The van der Waals surface area contributed by atoms with Crippen LogP contribution in [0.15, 0.2) is 0 Å². The minimum atomic E-state index is -1.39.